The smallest absolute Gasteiger partial charge is 0.306 e. The second-order valence-corrected chi connectivity index (χ2v) is 18.5. The molecule has 0 aliphatic carbocycles. The van der Waals surface area contributed by atoms with Crippen LogP contribution in [-0.2, 0) is 27.9 Å². The zero-order chi connectivity index (χ0) is 43.4. The molecule has 0 radical (unpaired) electrons. The van der Waals surface area contributed by atoms with Crippen molar-refractivity contribution >= 4 is 13.8 Å². The van der Waals surface area contributed by atoms with E-state index in [4.69, 9.17) is 18.5 Å². The largest absolute Gasteiger partial charge is 0.756 e. The van der Waals surface area contributed by atoms with Crippen molar-refractivity contribution in [1.29, 1.82) is 0 Å². The average Bonchev–Trinajstić information content (AvgIpc) is 3.19. The number of phosphoric acid groups is 1. The first-order valence-corrected chi connectivity index (χ1v) is 25.5. The van der Waals surface area contributed by atoms with Crippen LogP contribution in [0.2, 0.25) is 0 Å². The quantitative estimate of drug-likeness (QED) is 0.0198. The summed E-state index contributed by atoms with van der Waals surface area (Å²) in [4.78, 5) is 25.0. The third-order valence-electron chi connectivity index (χ3n) is 10.1. The Balaban J connectivity index is 4.05. The summed E-state index contributed by atoms with van der Waals surface area (Å²) in [5.41, 5.74) is 0. The molecule has 344 valence electrons. The summed E-state index contributed by atoms with van der Waals surface area (Å²) in [7, 11) is 1.35. The second kappa shape index (κ2) is 42.9. The van der Waals surface area contributed by atoms with Crippen LogP contribution in [0.1, 0.15) is 194 Å². The third kappa shape index (κ3) is 47.1. The molecule has 0 rings (SSSR count). The molecule has 0 spiro atoms. The number of unbranched alkanes of at least 4 members (excludes halogenated alkanes) is 20. The lowest BCUT2D eigenvalue weighted by Crippen LogP contribution is -2.37. The molecule has 0 saturated carbocycles. The average molecular weight is 850 g/mol. The monoisotopic (exact) mass is 850 g/mol. The molecule has 0 heterocycles. The van der Waals surface area contributed by atoms with Gasteiger partial charge in [-0.05, 0) is 70.6 Å². The molecule has 8 nitrogen and oxygen atoms in total. The number of ether oxygens (including phenoxy) is 2. The predicted molar refractivity (Wildman–Crippen MR) is 249 cm³/mol. The van der Waals surface area contributed by atoms with Crippen molar-refractivity contribution < 1.29 is 37.3 Å². The zero-order valence-electron chi connectivity index (χ0n) is 38.9. The molecule has 59 heavy (non-hydrogen) atoms. The highest BCUT2D eigenvalue weighted by Gasteiger charge is 2.20. The number of carbonyl (C=O) groups excluding carboxylic acids is 1. The Kier molecular flexibility index (Phi) is 41.6. The van der Waals surface area contributed by atoms with Crippen molar-refractivity contribution in [3.63, 3.8) is 0 Å². The number of likely N-dealkylation sites (N-methyl/N-ethyl adjacent to an activating group) is 1. The minimum Gasteiger partial charge on any atom is -0.756 e. The number of rotatable bonds is 44. The SMILES string of the molecule is CC/C=C\C/C=C\C/C=C\C/C=C\CCCCCCCCCCCCCCCOCC(COP(=O)([O-])OCC[N+](C)(C)C)OC(=O)CCCCCCC/C=C\CCCC. The van der Waals surface area contributed by atoms with Crippen molar-refractivity contribution in [2.45, 2.75) is 200 Å². The molecule has 0 aliphatic rings. The van der Waals surface area contributed by atoms with Gasteiger partial charge in [0.2, 0.25) is 0 Å². The number of carbonyl (C=O) groups is 1. The van der Waals surface area contributed by atoms with Crippen molar-refractivity contribution in [2.75, 3.05) is 54.1 Å². The minimum absolute atomic E-state index is 0.0228. The number of hydrogen-bond acceptors (Lipinski definition) is 7. The van der Waals surface area contributed by atoms with Crippen molar-refractivity contribution in [3.8, 4) is 0 Å². The first-order chi connectivity index (χ1) is 28.6. The highest BCUT2D eigenvalue weighted by molar-refractivity contribution is 7.45. The molecule has 2 atom stereocenters. The van der Waals surface area contributed by atoms with Gasteiger partial charge in [0.15, 0.2) is 0 Å². The van der Waals surface area contributed by atoms with Crippen LogP contribution < -0.4 is 4.89 Å². The number of esters is 1. The molecular formula is C50H92NO7P. The Hall–Kier alpha value is -1.80. The van der Waals surface area contributed by atoms with E-state index in [1.165, 1.54) is 103 Å². The molecule has 2 unspecified atom stereocenters. The van der Waals surface area contributed by atoms with E-state index in [9.17, 15) is 14.3 Å². The van der Waals surface area contributed by atoms with Gasteiger partial charge in [0.1, 0.15) is 19.3 Å². The molecular weight excluding hydrogens is 758 g/mol. The molecule has 0 aliphatic heterocycles. The topological polar surface area (TPSA) is 94.1 Å². The van der Waals surface area contributed by atoms with Gasteiger partial charge in [0, 0.05) is 13.0 Å². The normalized spacial score (nSPS) is 14.2. The van der Waals surface area contributed by atoms with Crippen molar-refractivity contribution in [3.05, 3.63) is 60.8 Å². The number of allylic oxidation sites excluding steroid dienone is 10. The van der Waals surface area contributed by atoms with Crippen molar-refractivity contribution in [2.24, 2.45) is 0 Å². The molecule has 0 aromatic heterocycles. The van der Waals surface area contributed by atoms with E-state index in [0.29, 0.717) is 24.1 Å². The van der Waals surface area contributed by atoms with Gasteiger partial charge in [-0.3, -0.25) is 9.36 Å². The van der Waals surface area contributed by atoms with Crippen LogP contribution in [0, 0.1) is 0 Å². The van der Waals surface area contributed by atoms with Crippen LogP contribution in [0.25, 0.3) is 0 Å². The Morgan fingerprint density at radius 3 is 1.49 bits per heavy atom. The molecule has 0 amide bonds. The van der Waals surface area contributed by atoms with E-state index in [2.05, 4.69) is 74.6 Å². The van der Waals surface area contributed by atoms with E-state index >= 15 is 0 Å². The molecule has 0 aromatic rings. The molecule has 0 saturated heterocycles. The Morgan fingerprint density at radius 1 is 0.542 bits per heavy atom. The number of quaternary nitrogens is 1. The van der Waals surface area contributed by atoms with Gasteiger partial charge in [0.25, 0.3) is 7.82 Å². The lowest BCUT2D eigenvalue weighted by Gasteiger charge is -2.28. The van der Waals surface area contributed by atoms with E-state index in [-0.39, 0.29) is 25.8 Å². The summed E-state index contributed by atoms with van der Waals surface area (Å²) in [6.45, 7) is 5.25. The highest BCUT2D eigenvalue weighted by Crippen LogP contribution is 2.38. The van der Waals surface area contributed by atoms with Crippen LogP contribution in [0.3, 0.4) is 0 Å². The Bertz CT molecular complexity index is 1130. The number of hydrogen-bond donors (Lipinski definition) is 0. The van der Waals surface area contributed by atoms with E-state index < -0.39 is 13.9 Å². The predicted octanol–water partition coefficient (Wildman–Crippen LogP) is 13.9. The zero-order valence-corrected chi connectivity index (χ0v) is 39.8. The fourth-order valence-corrected chi connectivity index (χ4v) is 7.07. The van der Waals surface area contributed by atoms with Crippen LogP contribution in [0.5, 0.6) is 0 Å². The van der Waals surface area contributed by atoms with Gasteiger partial charge in [0.05, 0.1) is 34.4 Å². The van der Waals surface area contributed by atoms with Gasteiger partial charge in [-0.25, -0.2) is 0 Å². The van der Waals surface area contributed by atoms with Crippen LogP contribution >= 0.6 is 7.82 Å². The second-order valence-electron chi connectivity index (χ2n) is 17.1. The summed E-state index contributed by atoms with van der Waals surface area (Å²) in [5.74, 6) is -0.346. The van der Waals surface area contributed by atoms with Gasteiger partial charge in [-0.15, -0.1) is 0 Å². The Labute approximate surface area is 364 Å². The van der Waals surface area contributed by atoms with Gasteiger partial charge >= 0.3 is 5.97 Å². The minimum atomic E-state index is -4.53. The van der Waals surface area contributed by atoms with Gasteiger partial charge < -0.3 is 27.9 Å². The van der Waals surface area contributed by atoms with Crippen LogP contribution in [-0.4, -0.2) is 70.7 Å². The van der Waals surface area contributed by atoms with Gasteiger partial charge in [-0.1, -0.05) is 177 Å². The maximum Gasteiger partial charge on any atom is 0.306 e. The number of phosphoric ester groups is 1. The standard InChI is InChI=1S/C50H92NO7P/c1-6-8-10-12-14-16-18-19-20-21-22-23-24-25-26-27-28-29-30-31-32-34-36-38-40-42-45-55-47-49(48-57-59(53,54)56-46-44-51(3,4)5)58-50(52)43-41-39-37-35-33-17-15-13-11-9-7-2/h8,10,13-16,19-20,22-23,49H,6-7,9,11-12,17-18,21,24-48H2,1-5H3/b10-8-,15-13-,16-14-,20-19-,23-22-. The summed E-state index contributed by atoms with van der Waals surface area (Å²) in [6, 6.07) is 0. The summed E-state index contributed by atoms with van der Waals surface area (Å²) >= 11 is 0. The molecule has 9 heteroatoms. The molecule has 0 aromatic carbocycles. The first-order valence-electron chi connectivity index (χ1n) is 24.0. The summed E-state index contributed by atoms with van der Waals surface area (Å²) < 4.78 is 34.6. The highest BCUT2D eigenvalue weighted by atomic mass is 31.2. The lowest BCUT2D eigenvalue weighted by molar-refractivity contribution is -0.870. The van der Waals surface area contributed by atoms with E-state index in [0.717, 1.165) is 70.6 Å². The van der Waals surface area contributed by atoms with Crippen LogP contribution in [0.4, 0.5) is 0 Å². The summed E-state index contributed by atoms with van der Waals surface area (Å²) in [6.07, 6.45) is 53.9. The Morgan fingerprint density at radius 2 is 0.983 bits per heavy atom. The van der Waals surface area contributed by atoms with Gasteiger partial charge in [-0.2, -0.15) is 0 Å². The maximum atomic E-state index is 12.6. The lowest BCUT2D eigenvalue weighted by atomic mass is 10.0. The number of nitrogens with zero attached hydrogens (tertiary/aromatic N) is 1. The van der Waals surface area contributed by atoms with E-state index in [1.807, 2.05) is 21.1 Å². The van der Waals surface area contributed by atoms with Crippen LogP contribution in [0.15, 0.2) is 60.8 Å². The maximum absolute atomic E-state index is 12.6. The van der Waals surface area contributed by atoms with E-state index in [1.54, 1.807) is 0 Å². The molecule has 0 N–H and O–H groups in total. The van der Waals surface area contributed by atoms with Crippen molar-refractivity contribution in [1.82, 2.24) is 0 Å². The first kappa shape index (κ1) is 57.2. The fourth-order valence-electron chi connectivity index (χ4n) is 6.34. The fraction of sp³-hybridized carbons (Fsp3) is 0.780. The molecule has 0 bridgehead atoms. The molecule has 0 fully saturated rings. The summed E-state index contributed by atoms with van der Waals surface area (Å²) in [5, 5.41) is 0. The third-order valence-corrected chi connectivity index (χ3v) is 11.0.